The Kier molecular flexibility index (Phi) is 2.95. The number of aromatic nitrogens is 1. The number of nitrogens with one attached hydrogen (secondary N) is 2. The summed E-state index contributed by atoms with van der Waals surface area (Å²) < 4.78 is 0. The molecule has 1 atom stereocenters. The van der Waals surface area contributed by atoms with Crippen LogP contribution in [0.15, 0.2) is 18.5 Å². The smallest absolute Gasteiger partial charge is 0.0942 e. The fourth-order valence-corrected chi connectivity index (χ4v) is 0.734. The highest BCUT2D eigenvalue weighted by Crippen LogP contribution is 2.02. The molecule has 0 aliphatic carbocycles. The number of hydrogen-bond donors (Lipinski definition) is 4. The van der Waals surface area contributed by atoms with Crippen LogP contribution in [0.2, 0.25) is 0 Å². The fourth-order valence-electron chi connectivity index (χ4n) is 0.734. The molecule has 0 fully saturated rings. The number of H-pyrrole nitrogens is 1. The quantitative estimate of drug-likeness (QED) is 0.487. The number of aromatic amines is 1. The normalized spacial score (nSPS) is 12.9. The molecule has 0 amide bonds. The van der Waals surface area contributed by atoms with Crippen LogP contribution in [0.25, 0.3) is 0 Å². The van der Waals surface area contributed by atoms with Crippen molar-refractivity contribution >= 4 is 5.69 Å². The summed E-state index contributed by atoms with van der Waals surface area (Å²) in [6.45, 7) is 0.159. The molecule has 0 spiro atoms. The van der Waals surface area contributed by atoms with E-state index in [1.165, 1.54) is 0 Å². The van der Waals surface area contributed by atoms with Crippen LogP contribution in [0.4, 0.5) is 5.69 Å². The molecule has 0 aromatic carbocycles. The lowest BCUT2D eigenvalue weighted by atomic mass is 10.3. The Hall–Kier alpha value is -1.00. The van der Waals surface area contributed by atoms with Gasteiger partial charge in [-0.05, 0) is 6.07 Å². The molecular weight excluding hydrogens is 144 g/mol. The van der Waals surface area contributed by atoms with Gasteiger partial charge in [-0.1, -0.05) is 0 Å². The standard InChI is InChI=1S/C7H12N2O2/c10-5-7(11)4-9-6-1-2-8-3-6/h1-3,7-11H,4-5H2. The molecule has 1 aromatic rings. The SMILES string of the molecule is OCC(O)CNc1cc[nH]c1. The highest BCUT2D eigenvalue weighted by molar-refractivity contribution is 5.40. The Morgan fingerprint density at radius 1 is 1.64 bits per heavy atom. The van der Waals surface area contributed by atoms with Gasteiger partial charge in [0.2, 0.25) is 0 Å². The molecule has 1 unspecified atom stereocenters. The second kappa shape index (κ2) is 4.00. The Morgan fingerprint density at radius 3 is 3.00 bits per heavy atom. The van der Waals surface area contributed by atoms with E-state index in [9.17, 15) is 0 Å². The van der Waals surface area contributed by atoms with E-state index in [1.807, 2.05) is 6.07 Å². The first-order chi connectivity index (χ1) is 5.33. The van der Waals surface area contributed by atoms with Crippen molar-refractivity contribution in [3.63, 3.8) is 0 Å². The Balaban J connectivity index is 2.23. The predicted octanol–water partition coefficient (Wildman–Crippen LogP) is -0.220. The molecule has 0 aliphatic heterocycles. The molecule has 0 radical (unpaired) electrons. The van der Waals surface area contributed by atoms with Gasteiger partial charge in [-0.25, -0.2) is 0 Å². The second-order valence-electron chi connectivity index (χ2n) is 2.32. The van der Waals surface area contributed by atoms with Crippen molar-refractivity contribution in [1.82, 2.24) is 4.98 Å². The number of aliphatic hydroxyl groups is 2. The van der Waals surface area contributed by atoms with Gasteiger partial charge in [0.15, 0.2) is 0 Å². The van der Waals surface area contributed by atoms with E-state index in [1.54, 1.807) is 12.4 Å². The van der Waals surface area contributed by atoms with Crippen molar-refractivity contribution in [1.29, 1.82) is 0 Å². The van der Waals surface area contributed by atoms with E-state index >= 15 is 0 Å². The van der Waals surface area contributed by atoms with Crippen LogP contribution in [0, 0.1) is 0 Å². The van der Waals surface area contributed by atoms with Crippen LogP contribution < -0.4 is 5.32 Å². The van der Waals surface area contributed by atoms with Gasteiger partial charge in [-0.3, -0.25) is 0 Å². The molecule has 1 heterocycles. The van der Waals surface area contributed by atoms with Crippen LogP contribution in [0.5, 0.6) is 0 Å². The molecule has 0 bridgehead atoms. The van der Waals surface area contributed by atoms with Gasteiger partial charge < -0.3 is 20.5 Å². The third kappa shape index (κ3) is 2.61. The predicted molar refractivity (Wildman–Crippen MR) is 42.4 cm³/mol. The molecule has 4 heteroatoms. The van der Waals surface area contributed by atoms with Crippen molar-refractivity contribution in [2.75, 3.05) is 18.5 Å². The van der Waals surface area contributed by atoms with Crippen molar-refractivity contribution < 1.29 is 10.2 Å². The zero-order chi connectivity index (χ0) is 8.10. The van der Waals surface area contributed by atoms with E-state index in [0.29, 0.717) is 6.54 Å². The molecule has 0 saturated heterocycles. The third-order valence-electron chi connectivity index (χ3n) is 1.35. The Labute approximate surface area is 64.9 Å². The van der Waals surface area contributed by atoms with Crippen LogP contribution in [0.3, 0.4) is 0 Å². The van der Waals surface area contributed by atoms with Gasteiger partial charge >= 0.3 is 0 Å². The minimum absolute atomic E-state index is 0.211. The molecular formula is C7H12N2O2. The van der Waals surface area contributed by atoms with E-state index in [0.717, 1.165) is 5.69 Å². The van der Waals surface area contributed by atoms with Gasteiger partial charge in [0.05, 0.1) is 18.4 Å². The number of rotatable bonds is 4. The molecule has 11 heavy (non-hydrogen) atoms. The summed E-state index contributed by atoms with van der Waals surface area (Å²) in [6, 6.07) is 1.85. The molecule has 62 valence electrons. The topological polar surface area (TPSA) is 68.3 Å². The van der Waals surface area contributed by atoms with E-state index in [-0.39, 0.29) is 6.61 Å². The summed E-state index contributed by atoms with van der Waals surface area (Å²) in [6.07, 6.45) is 2.88. The third-order valence-corrected chi connectivity index (χ3v) is 1.35. The summed E-state index contributed by atoms with van der Waals surface area (Å²) in [7, 11) is 0. The van der Waals surface area contributed by atoms with Crippen molar-refractivity contribution in [2.24, 2.45) is 0 Å². The summed E-state index contributed by atoms with van der Waals surface area (Å²) in [5.74, 6) is 0. The Morgan fingerprint density at radius 2 is 2.45 bits per heavy atom. The zero-order valence-electron chi connectivity index (χ0n) is 6.12. The molecule has 0 aliphatic rings. The van der Waals surface area contributed by atoms with E-state index in [4.69, 9.17) is 10.2 Å². The maximum Gasteiger partial charge on any atom is 0.0942 e. The summed E-state index contributed by atoms with van der Waals surface area (Å²) in [4.78, 5) is 2.86. The van der Waals surface area contributed by atoms with Crippen LogP contribution in [0.1, 0.15) is 0 Å². The largest absolute Gasteiger partial charge is 0.394 e. The highest BCUT2D eigenvalue weighted by atomic mass is 16.3. The monoisotopic (exact) mass is 156 g/mol. The molecule has 1 aromatic heterocycles. The van der Waals surface area contributed by atoms with Gasteiger partial charge in [0.1, 0.15) is 0 Å². The van der Waals surface area contributed by atoms with Gasteiger partial charge in [0.25, 0.3) is 0 Å². The van der Waals surface area contributed by atoms with Crippen LogP contribution in [-0.2, 0) is 0 Å². The number of aliphatic hydroxyl groups excluding tert-OH is 2. The summed E-state index contributed by atoms with van der Waals surface area (Å²) in [5.41, 5.74) is 0.914. The zero-order valence-corrected chi connectivity index (χ0v) is 6.12. The van der Waals surface area contributed by atoms with Crippen molar-refractivity contribution in [2.45, 2.75) is 6.10 Å². The molecule has 1 rings (SSSR count). The van der Waals surface area contributed by atoms with Gasteiger partial charge in [-0.2, -0.15) is 0 Å². The maximum atomic E-state index is 8.93. The van der Waals surface area contributed by atoms with Gasteiger partial charge in [0, 0.05) is 18.9 Å². The van der Waals surface area contributed by atoms with E-state index in [2.05, 4.69) is 10.3 Å². The summed E-state index contributed by atoms with van der Waals surface area (Å²) in [5, 5.41) is 20.3. The van der Waals surface area contributed by atoms with Crippen LogP contribution in [-0.4, -0.2) is 34.5 Å². The lowest BCUT2D eigenvalue weighted by molar-refractivity contribution is 0.105. The summed E-state index contributed by atoms with van der Waals surface area (Å²) >= 11 is 0. The molecule has 4 nitrogen and oxygen atoms in total. The first-order valence-electron chi connectivity index (χ1n) is 3.48. The fraction of sp³-hybridized carbons (Fsp3) is 0.429. The lowest BCUT2D eigenvalue weighted by Crippen LogP contribution is -2.22. The Bertz CT molecular complexity index is 186. The number of anilines is 1. The minimum Gasteiger partial charge on any atom is -0.394 e. The lowest BCUT2D eigenvalue weighted by Gasteiger charge is -2.07. The first kappa shape index (κ1) is 8.10. The van der Waals surface area contributed by atoms with Crippen LogP contribution >= 0.6 is 0 Å². The highest BCUT2D eigenvalue weighted by Gasteiger charge is 1.99. The molecule has 0 saturated carbocycles. The van der Waals surface area contributed by atoms with Crippen molar-refractivity contribution in [3.8, 4) is 0 Å². The first-order valence-corrected chi connectivity index (χ1v) is 3.48. The molecule has 4 N–H and O–H groups in total. The second-order valence-corrected chi connectivity index (χ2v) is 2.32. The average Bonchev–Trinajstić information content (AvgIpc) is 2.52. The minimum atomic E-state index is -0.690. The maximum absolute atomic E-state index is 8.93. The van der Waals surface area contributed by atoms with Crippen molar-refractivity contribution in [3.05, 3.63) is 18.5 Å². The van der Waals surface area contributed by atoms with E-state index < -0.39 is 6.10 Å². The number of hydrogen-bond acceptors (Lipinski definition) is 3. The van der Waals surface area contributed by atoms with Gasteiger partial charge in [-0.15, -0.1) is 0 Å². The average molecular weight is 156 g/mol.